The van der Waals surface area contributed by atoms with Gasteiger partial charge in [-0.15, -0.1) is 11.8 Å². The normalized spacial score (nSPS) is 11.6. The minimum atomic E-state index is -0.877. The van der Waals surface area contributed by atoms with Gasteiger partial charge in [0.25, 0.3) is 5.91 Å². The number of carbonyl (C=O) groups excluding carboxylic acids is 2. The molecule has 1 amide bonds. The molecule has 1 atom stereocenters. The SMILES string of the molecule is CCc1ccc(NC(=O)[C@H](C)OC(=O)c2ccccc2SC)cc1. The van der Waals surface area contributed by atoms with Crippen molar-refractivity contribution >= 4 is 29.3 Å². The Morgan fingerprint density at radius 3 is 2.42 bits per heavy atom. The molecule has 0 aliphatic rings. The number of aryl methyl sites for hydroxylation is 1. The Kier molecular flexibility index (Phi) is 6.44. The molecular formula is C19H21NO3S. The lowest BCUT2D eigenvalue weighted by molar-refractivity contribution is -0.123. The zero-order valence-electron chi connectivity index (χ0n) is 14.0. The van der Waals surface area contributed by atoms with Crippen molar-refractivity contribution in [1.82, 2.24) is 0 Å². The van der Waals surface area contributed by atoms with Crippen LogP contribution in [-0.4, -0.2) is 24.2 Å². The second kappa shape index (κ2) is 8.55. The van der Waals surface area contributed by atoms with E-state index in [1.54, 1.807) is 19.1 Å². The first-order chi connectivity index (χ1) is 11.5. The highest BCUT2D eigenvalue weighted by Crippen LogP contribution is 2.21. The number of anilines is 1. The van der Waals surface area contributed by atoms with E-state index >= 15 is 0 Å². The molecule has 0 radical (unpaired) electrons. The summed E-state index contributed by atoms with van der Waals surface area (Å²) in [6.07, 6.45) is 1.96. The highest BCUT2D eigenvalue weighted by atomic mass is 32.2. The van der Waals surface area contributed by atoms with E-state index in [0.29, 0.717) is 11.3 Å². The van der Waals surface area contributed by atoms with E-state index < -0.39 is 12.1 Å². The standard InChI is InChI=1S/C19H21NO3S/c1-4-14-9-11-15(12-10-14)20-18(21)13(2)23-19(22)16-7-5-6-8-17(16)24-3/h5-13H,4H2,1-3H3,(H,20,21)/t13-/m0/s1. The summed E-state index contributed by atoms with van der Waals surface area (Å²) in [6.45, 7) is 3.64. The van der Waals surface area contributed by atoms with Gasteiger partial charge in [0.15, 0.2) is 6.10 Å². The molecular weight excluding hydrogens is 322 g/mol. The second-order valence-corrected chi connectivity index (χ2v) is 6.14. The van der Waals surface area contributed by atoms with Crippen LogP contribution in [0.3, 0.4) is 0 Å². The average molecular weight is 343 g/mol. The van der Waals surface area contributed by atoms with Gasteiger partial charge < -0.3 is 10.1 Å². The van der Waals surface area contributed by atoms with Crippen molar-refractivity contribution < 1.29 is 14.3 Å². The van der Waals surface area contributed by atoms with Gasteiger partial charge in [-0.2, -0.15) is 0 Å². The van der Waals surface area contributed by atoms with Gasteiger partial charge in [-0.1, -0.05) is 31.2 Å². The molecule has 0 aromatic heterocycles. The van der Waals surface area contributed by atoms with Crippen LogP contribution < -0.4 is 5.32 Å². The van der Waals surface area contributed by atoms with E-state index in [-0.39, 0.29) is 5.91 Å². The lowest BCUT2D eigenvalue weighted by Gasteiger charge is -2.14. The summed E-state index contributed by atoms with van der Waals surface area (Å²) >= 11 is 1.46. The van der Waals surface area contributed by atoms with Crippen LogP contribution in [0.1, 0.15) is 29.8 Å². The van der Waals surface area contributed by atoms with Crippen molar-refractivity contribution in [2.24, 2.45) is 0 Å². The number of thioether (sulfide) groups is 1. The van der Waals surface area contributed by atoms with Gasteiger partial charge in [-0.05, 0) is 49.4 Å². The summed E-state index contributed by atoms with van der Waals surface area (Å²) in [5.74, 6) is -0.849. The Labute approximate surface area is 146 Å². The van der Waals surface area contributed by atoms with Crippen molar-refractivity contribution in [3.8, 4) is 0 Å². The molecule has 2 rings (SSSR count). The maximum Gasteiger partial charge on any atom is 0.340 e. The maximum absolute atomic E-state index is 12.3. The van der Waals surface area contributed by atoms with E-state index in [0.717, 1.165) is 11.3 Å². The number of amides is 1. The molecule has 0 heterocycles. The van der Waals surface area contributed by atoms with Gasteiger partial charge >= 0.3 is 5.97 Å². The Morgan fingerprint density at radius 2 is 1.79 bits per heavy atom. The number of hydrogen-bond acceptors (Lipinski definition) is 4. The molecule has 0 saturated carbocycles. The predicted molar refractivity (Wildman–Crippen MR) is 97.6 cm³/mol. The van der Waals surface area contributed by atoms with Crippen molar-refractivity contribution in [2.45, 2.75) is 31.3 Å². The first-order valence-electron chi connectivity index (χ1n) is 7.79. The molecule has 0 aliphatic carbocycles. The lowest BCUT2D eigenvalue weighted by atomic mass is 10.1. The molecule has 0 spiro atoms. The first kappa shape index (κ1) is 18.1. The molecule has 0 aliphatic heterocycles. The summed E-state index contributed by atoms with van der Waals surface area (Å²) in [5, 5.41) is 2.76. The van der Waals surface area contributed by atoms with E-state index in [1.807, 2.05) is 42.7 Å². The summed E-state index contributed by atoms with van der Waals surface area (Å²) in [7, 11) is 0. The quantitative estimate of drug-likeness (QED) is 0.632. The van der Waals surface area contributed by atoms with Gasteiger partial charge in [-0.3, -0.25) is 4.79 Å². The molecule has 24 heavy (non-hydrogen) atoms. The number of esters is 1. The smallest absolute Gasteiger partial charge is 0.340 e. The topological polar surface area (TPSA) is 55.4 Å². The van der Waals surface area contributed by atoms with Gasteiger partial charge in [-0.25, -0.2) is 4.79 Å². The molecule has 2 aromatic carbocycles. The predicted octanol–water partition coefficient (Wildman–Crippen LogP) is 4.15. The van der Waals surface area contributed by atoms with Crippen molar-refractivity contribution in [3.63, 3.8) is 0 Å². The fourth-order valence-corrected chi connectivity index (χ4v) is 2.74. The Morgan fingerprint density at radius 1 is 1.12 bits per heavy atom. The fourth-order valence-electron chi connectivity index (χ4n) is 2.16. The van der Waals surface area contributed by atoms with Crippen LogP contribution in [0.25, 0.3) is 0 Å². The molecule has 0 unspecified atom stereocenters. The zero-order chi connectivity index (χ0) is 17.5. The molecule has 1 N–H and O–H groups in total. The van der Waals surface area contributed by atoms with Crippen molar-refractivity contribution in [3.05, 3.63) is 59.7 Å². The highest BCUT2D eigenvalue weighted by molar-refractivity contribution is 7.98. The zero-order valence-corrected chi connectivity index (χ0v) is 14.9. The summed E-state index contributed by atoms with van der Waals surface area (Å²) < 4.78 is 5.29. The largest absolute Gasteiger partial charge is 0.449 e. The Balaban J connectivity index is 1.98. The van der Waals surface area contributed by atoms with E-state index in [2.05, 4.69) is 12.2 Å². The number of benzene rings is 2. The maximum atomic E-state index is 12.3. The lowest BCUT2D eigenvalue weighted by Crippen LogP contribution is -2.30. The molecule has 0 saturated heterocycles. The third-order valence-corrected chi connectivity index (χ3v) is 4.41. The number of ether oxygens (including phenoxy) is 1. The van der Waals surface area contributed by atoms with Crippen molar-refractivity contribution in [2.75, 3.05) is 11.6 Å². The van der Waals surface area contributed by atoms with Gasteiger partial charge in [0, 0.05) is 10.6 Å². The average Bonchev–Trinajstić information content (AvgIpc) is 2.62. The first-order valence-corrected chi connectivity index (χ1v) is 9.01. The van der Waals surface area contributed by atoms with E-state index in [4.69, 9.17) is 4.74 Å². The molecule has 4 nitrogen and oxygen atoms in total. The summed E-state index contributed by atoms with van der Waals surface area (Å²) in [6, 6.07) is 14.8. The minimum Gasteiger partial charge on any atom is -0.449 e. The van der Waals surface area contributed by atoms with Crippen LogP contribution >= 0.6 is 11.8 Å². The van der Waals surface area contributed by atoms with Crippen LogP contribution in [0.2, 0.25) is 0 Å². The third kappa shape index (κ3) is 4.61. The van der Waals surface area contributed by atoms with Gasteiger partial charge in [0.05, 0.1) is 5.56 Å². The van der Waals surface area contributed by atoms with Crippen LogP contribution in [0.15, 0.2) is 53.4 Å². The fraction of sp³-hybridized carbons (Fsp3) is 0.263. The van der Waals surface area contributed by atoms with Crippen LogP contribution in [-0.2, 0) is 16.0 Å². The number of rotatable bonds is 6. The van der Waals surface area contributed by atoms with Crippen LogP contribution in [0.4, 0.5) is 5.69 Å². The van der Waals surface area contributed by atoms with Crippen LogP contribution in [0.5, 0.6) is 0 Å². The minimum absolute atomic E-state index is 0.353. The molecule has 0 fully saturated rings. The summed E-state index contributed by atoms with van der Waals surface area (Å²) in [4.78, 5) is 25.3. The molecule has 5 heteroatoms. The van der Waals surface area contributed by atoms with Gasteiger partial charge in [0.2, 0.25) is 0 Å². The van der Waals surface area contributed by atoms with E-state index in [1.165, 1.54) is 17.3 Å². The molecule has 126 valence electrons. The Bertz CT molecular complexity index is 713. The van der Waals surface area contributed by atoms with Crippen molar-refractivity contribution in [1.29, 1.82) is 0 Å². The highest BCUT2D eigenvalue weighted by Gasteiger charge is 2.20. The summed E-state index contributed by atoms with van der Waals surface area (Å²) in [5.41, 5.74) is 2.35. The number of nitrogens with one attached hydrogen (secondary N) is 1. The third-order valence-electron chi connectivity index (χ3n) is 3.61. The number of hydrogen-bond donors (Lipinski definition) is 1. The molecule has 2 aromatic rings. The van der Waals surface area contributed by atoms with E-state index in [9.17, 15) is 9.59 Å². The number of carbonyl (C=O) groups is 2. The van der Waals surface area contributed by atoms with Gasteiger partial charge in [0.1, 0.15) is 0 Å². The Hall–Kier alpha value is -2.27. The second-order valence-electron chi connectivity index (χ2n) is 5.29. The monoisotopic (exact) mass is 343 g/mol. The van der Waals surface area contributed by atoms with Crippen LogP contribution in [0, 0.1) is 0 Å². The molecule has 0 bridgehead atoms.